The number of esters is 1. The van der Waals surface area contributed by atoms with Gasteiger partial charge in [-0.1, -0.05) is 30.3 Å². The molecular weight excluding hydrogens is 609 g/mol. The minimum Gasteiger partial charge on any atom is -0.458 e. The van der Waals surface area contributed by atoms with Gasteiger partial charge in [0.25, 0.3) is 5.56 Å². The van der Waals surface area contributed by atoms with Gasteiger partial charge in [-0.25, -0.2) is 14.2 Å². The van der Waals surface area contributed by atoms with Gasteiger partial charge in [-0.15, -0.1) is 0 Å². The first kappa shape index (κ1) is 30.7. The predicted octanol–water partition coefficient (Wildman–Crippen LogP) is 1.73. The molecule has 4 heterocycles. The molecule has 0 unspecified atom stereocenters. The van der Waals surface area contributed by atoms with E-state index in [-0.39, 0.29) is 37.6 Å². The summed E-state index contributed by atoms with van der Waals surface area (Å²) in [6.45, 7) is 1.04. The number of hydrogen-bond acceptors (Lipinski definition) is 9. The van der Waals surface area contributed by atoms with Gasteiger partial charge in [-0.3, -0.25) is 14.4 Å². The molecule has 2 amide bonds. The zero-order chi connectivity index (χ0) is 33.0. The van der Waals surface area contributed by atoms with E-state index in [1.54, 1.807) is 13.0 Å². The highest BCUT2D eigenvalue weighted by molar-refractivity contribution is 5.93. The smallest absolute Gasteiger partial charge is 0.340 e. The number of fused-ring (bicyclic) bond motifs is 5. The van der Waals surface area contributed by atoms with Crippen LogP contribution in [0.2, 0.25) is 0 Å². The molecular formula is C34H32FN5O7. The fraction of sp³-hybridized carbons (Fsp3) is 0.324. The third kappa shape index (κ3) is 5.35. The molecule has 5 N–H and O–H groups in total. The summed E-state index contributed by atoms with van der Waals surface area (Å²) in [4.78, 5) is 55.9. The van der Waals surface area contributed by atoms with Gasteiger partial charge in [0.1, 0.15) is 25.8 Å². The van der Waals surface area contributed by atoms with Crippen LogP contribution in [0, 0.1) is 12.7 Å². The first-order valence-electron chi connectivity index (χ1n) is 15.3. The molecule has 2 aromatic heterocycles. The van der Waals surface area contributed by atoms with E-state index in [1.165, 1.54) is 10.6 Å². The van der Waals surface area contributed by atoms with E-state index in [0.717, 1.165) is 22.1 Å². The van der Waals surface area contributed by atoms with Crippen LogP contribution in [0.3, 0.4) is 0 Å². The molecule has 0 bridgehead atoms. The summed E-state index contributed by atoms with van der Waals surface area (Å²) in [5.74, 6) is -2.09. The van der Waals surface area contributed by atoms with Gasteiger partial charge < -0.3 is 35.5 Å². The lowest BCUT2D eigenvalue weighted by atomic mass is 9.81. The van der Waals surface area contributed by atoms with E-state index < -0.39 is 47.3 Å². The second-order valence-corrected chi connectivity index (χ2v) is 12.1. The number of aliphatic hydroxyl groups is 1. The van der Waals surface area contributed by atoms with Gasteiger partial charge in [0.15, 0.2) is 6.10 Å². The number of aliphatic hydroxyl groups excluding tert-OH is 1. The third-order valence-electron chi connectivity index (χ3n) is 9.20. The Hall–Kier alpha value is -4.98. The highest BCUT2D eigenvalue weighted by Gasteiger charge is 2.37. The molecule has 7 rings (SSSR count). The molecule has 2 aliphatic heterocycles. The highest BCUT2D eigenvalue weighted by Crippen LogP contribution is 2.45. The fourth-order valence-corrected chi connectivity index (χ4v) is 6.84. The summed E-state index contributed by atoms with van der Waals surface area (Å²) < 4.78 is 27.0. The average molecular weight is 642 g/mol. The Labute approximate surface area is 267 Å². The lowest BCUT2D eigenvalue weighted by Gasteiger charge is -2.29. The van der Waals surface area contributed by atoms with Crippen molar-refractivity contribution in [3.05, 3.63) is 97.6 Å². The van der Waals surface area contributed by atoms with E-state index >= 15 is 4.39 Å². The number of amides is 2. The van der Waals surface area contributed by atoms with Crippen molar-refractivity contribution in [2.24, 2.45) is 5.73 Å². The van der Waals surface area contributed by atoms with Gasteiger partial charge in [0.2, 0.25) is 11.8 Å². The number of ether oxygens (including phenoxy) is 2. The van der Waals surface area contributed by atoms with E-state index in [4.69, 9.17) is 20.2 Å². The number of halogens is 1. The monoisotopic (exact) mass is 641 g/mol. The summed E-state index contributed by atoms with van der Waals surface area (Å²) in [6.07, 6.45) is -0.303. The largest absolute Gasteiger partial charge is 0.458 e. The molecule has 0 saturated heterocycles. The quantitative estimate of drug-likeness (QED) is 0.112. The van der Waals surface area contributed by atoms with Crippen LogP contribution in [-0.2, 0) is 49.9 Å². The third-order valence-corrected chi connectivity index (χ3v) is 9.20. The molecule has 0 radical (unpaired) electrons. The zero-order valence-corrected chi connectivity index (χ0v) is 25.5. The summed E-state index contributed by atoms with van der Waals surface area (Å²) in [6, 6.07) is 11.0. The van der Waals surface area contributed by atoms with Crippen molar-refractivity contribution in [2.45, 2.75) is 57.5 Å². The van der Waals surface area contributed by atoms with Crippen LogP contribution in [0.4, 0.5) is 4.39 Å². The lowest BCUT2D eigenvalue weighted by Crippen LogP contribution is -2.43. The number of carbonyl (C=O) groups excluding carboxylic acids is 3. The molecule has 3 aliphatic rings. The van der Waals surface area contributed by atoms with Crippen LogP contribution >= 0.6 is 0 Å². The van der Waals surface area contributed by atoms with Crippen LogP contribution < -0.4 is 21.9 Å². The van der Waals surface area contributed by atoms with Crippen molar-refractivity contribution in [1.82, 2.24) is 20.2 Å². The number of hydrogen-bond donors (Lipinski definition) is 4. The number of carbonyl (C=O) groups is 3. The molecule has 0 saturated carbocycles. The average Bonchev–Trinajstić information content (AvgIpc) is 3.43. The maximum absolute atomic E-state index is 15.1. The van der Waals surface area contributed by atoms with Crippen LogP contribution in [0.1, 0.15) is 57.5 Å². The normalized spacial score (nSPS) is 18.2. The Morgan fingerprint density at radius 1 is 1.19 bits per heavy atom. The fourth-order valence-electron chi connectivity index (χ4n) is 6.84. The standard InChI is InChI=1S/C34H32FN5O7/c1-16-18-7-8-24(38-27(41)14-46-15-37-32(43)23(36)9-17-5-3-2-4-6-17)29-20-12-40-26(30(20)39-25(28(18)29)11-22(16)35)10-19-21(33(40)44)13-47-34(45)31(19)42/h2-6,10-11,23-24,31,42H,7-9,12-15,36H2,1H3,(H,37,43)(H,38,41)/t23-,24+,31+/m1/s1. The number of aryl methyl sites for hydroxylation is 1. The zero-order valence-electron chi connectivity index (χ0n) is 25.5. The highest BCUT2D eigenvalue weighted by atomic mass is 19.1. The molecule has 3 atom stereocenters. The van der Waals surface area contributed by atoms with Crippen molar-refractivity contribution in [1.29, 1.82) is 0 Å². The van der Waals surface area contributed by atoms with Crippen molar-refractivity contribution >= 4 is 28.7 Å². The molecule has 0 spiro atoms. The summed E-state index contributed by atoms with van der Waals surface area (Å²) in [5, 5.41) is 16.8. The van der Waals surface area contributed by atoms with E-state index in [2.05, 4.69) is 10.6 Å². The van der Waals surface area contributed by atoms with E-state index in [1.807, 2.05) is 30.3 Å². The lowest BCUT2D eigenvalue weighted by molar-refractivity contribution is -0.157. The van der Waals surface area contributed by atoms with Gasteiger partial charge in [0, 0.05) is 22.6 Å². The van der Waals surface area contributed by atoms with Crippen molar-refractivity contribution in [3.8, 4) is 11.4 Å². The summed E-state index contributed by atoms with van der Waals surface area (Å²) >= 11 is 0. The second-order valence-electron chi connectivity index (χ2n) is 12.1. The van der Waals surface area contributed by atoms with E-state index in [9.17, 15) is 24.3 Å². The molecule has 242 valence electrons. The number of benzene rings is 2. The Morgan fingerprint density at radius 2 is 1.98 bits per heavy atom. The maximum Gasteiger partial charge on any atom is 0.340 e. The molecule has 12 nitrogen and oxygen atoms in total. The van der Waals surface area contributed by atoms with Gasteiger partial charge >= 0.3 is 5.97 Å². The number of pyridine rings is 2. The summed E-state index contributed by atoms with van der Waals surface area (Å²) in [7, 11) is 0. The molecule has 13 heteroatoms. The minimum atomic E-state index is -1.61. The van der Waals surface area contributed by atoms with Crippen molar-refractivity contribution in [3.63, 3.8) is 0 Å². The number of nitrogens with two attached hydrogens (primary N) is 1. The number of rotatable bonds is 8. The number of nitrogens with one attached hydrogen (secondary N) is 2. The van der Waals surface area contributed by atoms with Gasteiger partial charge in [0.05, 0.1) is 41.1 Å². The Balaban J connectivity index is 1.13. The van der Waals surface area contributed by atoms with Crippen LogP contribution in [0.25, 0.3) is 22.3 Å². The first-order valence-corrected chi connectivity index (χ1v) is 15.3. The van der Waals surface area contributed by atoms with Gasteiger partial charge in [-0.2, -0.15) is 0 Å². The van der Waals surface area contributed by atoms with Crippen LogP contribution in [-0.4, -0.2) is 51.8 Å². The van der Waals surface area contributed by atoms with Gasteiger partial charge in [-0.05, 0) is 54.5 Å². The van der Waals surface area contributed by atoms with E-state index in [0.29, 0.717) is 47.3 Å². The molecule has 2 aromatic carbocycles. The Morgan fingerprint density at radius 3 is 2.77 bits per heavy atom. The molecule has 0 fully saturated rings. The second kappa shape index (κ2) is 12.0. The maximum atomic E-state index is 15.1. The number of nitrogens with zero attached hydrogens (tertiary/aromatic N) is 2. The minimum absolute atomic E-state index is 0.132. The topological polar surface area (TPSA) is 175 Å². The van der Waals surface area contributed by atoms with Crippen molar-refractivity contribution in [2.75, 3.05) is 13.3 Å². The summed E-state index contributed by atoms with van der Waals surface area (Å²) in [5.41, 5.74) is 10.8. The molecule has 4 aromatic rings. The Bertz CT molecular complexity index is 2030. The number of aromatic nitrogens is 2. The predicted molar refractivity (Wildman–Crippen MR) is 166 cm³/mol. The van der Waals surface area contributed by atoms with Crippen molar-refractivity contribution < 1.29 is 33.4 Å². The first-order chi connectivity index (χ1) is 22.6. The molecule has 47 heavy (non-hydrogen) atoms. The van der Waals surface area contributed by atoms with Crippen LogP contribution in [0.15, 0.2) is 47.3 Å². The number of cyclic esters (lactones) is 1. The van der Waals surface area contributed by atoms with Crippen LogP contribution in [0.5, 0.6) is 0 Å². The SMILES string of the molecule is Cc1c(F)cc2nc3c(c4c2c1CC[C@@H]4NC(=O)COCNC(=O)[C@H](N)Cc1ccccc1)Cn1c-3cc2c(c1=O)COC(=O)[C@H]2O. The Kier molecular flexibility index (Phi) is 7.82. The molecule has 1 aliphatic carbocycles.